The van der Waals surface area contributed by atoms with Crippen molar-refractivity contribution in [3.63, 3.8) is 0 Å². The Bertz CT molecular complexity index is 254. The number of hydrogen-bond donors (Lipinski definition) is 1. The number of methoxy groups -OCH3 is 2. The highest BCUT2D eigenvalue weighted by Crippen LogP contribution is 1.90. The van der Waals surface area contributed by atoms with E-state index in [0.29, 0.717) is 0 Å². The van der Waals surface area contributed by atoms with E-state index in [2.05, 4.69) is 9.47 Å². The number of allylic oxidation sites excluding steroid dienone is 2. The molecule has 0 aliphatic heterocycles. The van der Waals surface area contributed by atoms with Crippen molar-refractivity contribution in [1.29, 1.82) is 0 Å². The molecule has 0 aromatic rings. The number of esters is 2. The molecule has 0 aromatic carbocycles. The van der Waals surface area contributed by atoms with Crippen molar-refractivity contribution < 1.29 is 24.2 Å². The van der Waals surface area contributed by atoms with Gasteiger partial charge in [-0.15, -0.1) is 0 Å². The van der Waals surface area contributed by atoms with Crippen molar-refractivity contribution in [2.24, 2.45) is 0 Å². The number of ether oxygens (including phenoxy) is 2. The Morgan fingerprint density at radius 2 is 1.86 bits per heavy atom. The number of aliphatic hydroxyl groups is 1. The zero-order chi connectivity index (χ0) is 11.0. The zero-order valence-corrected chi connectivity index (χ0v) is 7.97. The molecule has 0 bridgehead atoms. The SMILES string of the molecule is COC(=O)/C=C/C=C\[C@H](O)C(=O)OC. The molecule has 0 amide bonds. The van der Waals surface area contributed by atoms with Gasteiger partial charge in [0.1, 0.15) is 0 Å². The van der Waals surface area contributed by atoms with Crippen LogP contribution in [0.15, 0.2) is 24.3 Å². The lowest BCUT2D eigenvalue weighted by Crippen LogP contribution is -2.18. The maximum Gasteiger partial charge on any atom is 0.338 e. The first-order valence-corrected chi connectivity index (χ1v) is 3.80. The molecule has 0 fully saturated rings. The van der Waals surface area contributed by atoms with Crippen LogP contribution in [0.2, 0.25) is 0 Å². The second kappa shape index (κ2) is 6.85. The van der Waals surface area contributed by atoms with Gasteiger partial charge in [-0.25, -0.2) is 9.59 Å². The highest BCUT2D eigenvalue weighted by Gasteiger charge is 2.09. The van der Waals surface area contributed by atoms with Gasteiger partial charge in [-0.2, -0.15) is 0 Å². The molecular formula is C9H12O5. The van der Waals surface area contributed by atoms with Gasteiger partial charge in [-0.1, -0.05) is 12.2 Å². The van der Waals surface area contributed by atoms with Crippen molar-refractivity contribution >= 4 is 11.9 Å². The summed E-state index contributed by atoms with van der Waals surface area (Å²) >= 11 is 0. The first-order valence-electron chi connectivity index (χ1n) is 3.80. The molecule has 0 aliphatic carbocycles. The average molecular weight is 200 g/mol. The minimum Gasteiger partial charge on any atom is -0.467 e. The van der Waals surface area contributed by atoms with Crippen LogP contribution in [0.3, 0.4) is 0 Å². The quantitative estimate of drug-likeness (QED) is 0.386. The Morgan fingerprint density at radius 3 is 2.36 bits per heavy atom. The predicted molar refractivity (Wildman–Crippen MR) is 48.3 cm³/mol. The molecule has 1 atom stereocenters. The zero-order valence-electron chi connectivity index (χ0n) is 7.97. The molecule has 5 heteroatoms. The second-order valence-electron chi connectivity index (χ2n) is 2.24. The molecule has 14 heavy (non-hydrogen) atoms. The molecular weight excluding hydrogens is 188 g/mol. The Kier molecular flexibility index (Phi) is 6.06. The van der Waals surface area contributed by atoms with E-state index in [0.717, 1.165) is 6.08 Å². The van der Waals surface area contributed by atoms with Crippen LogP contribution >= 0.6 is 0 Å². The highest BCUT2D eigenvalue weighted by atomic mass is 16.5. The van der Waals surface area contributed by atoms with Crippen LogP contribution in [0.1, 0.15) is 0 Å². The molecule has 0 spiro atoms. The maximum absolute atomic E-state index is 10.7. The first-order chi connectivity index (χ1) is 6.61. The van der Waals surface area contributed by atoms with Crippen molar-refractivity contribution in [2.45, 2.75) is 6.10 Å². The van der Waals surface area contributed by atoms with E-state index >= 15 is 0 Å². The molecule has 1 N–H and O–H groups in total. The molecule has 0 saturated carbocycles. The van der Waals surface area contributed by atoms with Crippen LogP contribution < -0.4 is 0 Å². The van der Waals surface area contributed by atoms with Gasteiger partial charge in [0.2, 0.25) is 0 Å². The normalized spacial score (nSPS) is 13.1. The smallest absolute Gasteiger partial charge is 0.338 e. The van der Waals surface area contributed by atoms with Crippen molar-refractivity contribution in [3.05, 3.63) is 24.3 Å². The highest BCUT2D eigenvalue weighted by molar-refractivity contribution is 5.82. The van der Waals surface area contributed by atoms with E-state index in [9.17, 15) is 9.59 Å². The number of carbonyl (C=O) groups excluding carboxylic acids is 2. The van der Waals surface area contributed by atoms with Crippen LogP contribution in [0.5, 0.6) is 0 Å². The third-order valence-corrected chi connectivity index (χ3v) is 1.28. The fourth-order valence-corrected chi connectivity index (χ4v) is 0.571. The van der Waals surface area contributed by atoms with Gasteiger partial charge < -0.3 is 14.6 Å². The molecule has 78 valence electrons. The molecule has 0 aliphatic rings. The lowest BCUT2D eigenvalue weighted by molar-refractivity contribution is -0.147. The lowest BCUT2D eigenvalue weighted by Gasteiger charge is -2.00. The summed E-state index contributed by atoms with van der Waals surface area (Å²) < 4.78 is 8.57. The van der Waals surface area contributed by atoms with Crippen molar-refractivity contribution in [2.75, 3.05) is 14.2 Å². The fraction of sp³-hybridized carbons (Fsp3) is 0.333. The molecule has 0 unspecified atom stereocenters. The molecule has 0 radical (unpaired) electrons. The van der Waals surface area contributed by atoms with Gasteiger partial charge in [-0.05, 0) is 6.08 Å². The number of aliphatic hydroxyl groups excluding tert-OH is 1. The van der Waals surface area contributed by atoms with Crippen LogP contribution in [0.25, 0.3) is 0 Å². The summed E-state index contributed by atoms with van der Waals surface area (Å²) in [6, 6.07) is 0. The van der Waals surface area contributed by atoms with E-state index in [4.69, 9.17) is 5.11 Å². The van der Waals surface area contributed by atoms with Gasteiger partial charge in [-0.3, -0.25) is 0 Å². The van der Waals surface area contributed by atoms with Crippen LogP contribution in [0.4, 0.5) is 0 Å². The van der Waals surface area contributed by atoms with Crippen molar-refractivity contribution in [3.8, 4) is 0 Å². The Balaban J connectivity index is 4.00. The van der Waals surface area contributed by atoms with Gasteiger partial charge in [0.05, 0.1) is 14.2 Å². The van der Waals surface area contributed by atoms with Gasteiger partial charge in [0, 0.05) is 6.08 Å². The monoisotopic (exact) mass is 200 g/mol. The van der Waals surface area contributed by atoms with Crippen molar-refractivity contribution in [1.82, 2.24) is 0 Å². The molecule has 0 saturated heterocycles. The van der Waals surface area contributed by atoms with Crippen LogP contribution in [-0.4, -0.2) is 37.4 Å². The topological polar surface area (TPSA) is 72.8 Å². The Morgan fingerprint density at radius 1 is 1.21 bits per heavy atom. The van der Waals surface area contributed by atoms with Crippen LogP contribution in [-0.2, 0) is 19.1 Å². The average Bonchev–Trinajstić information content (AvgIpc) is 2.22. The number of hydrogen-bond acceptors (Lipinski definition) is 5. The fourth-order valence-electron chi connectivity index (χ4n) is 0.571. The standard InChI is InChI=1S/C9H12O5/c1-13-8(11)6-4-3-5-7(10)9(12)14-2/h3-7,10H,1-2H3/b5-3-,6-4+/t7-/m0/s1. The summed E-state index contributed by atoms with van der Waals surface area (Å²) in [5.41, 5.74) is 0. The minimum absolute atomic E-state index is 0.512. The van der Waals surface area contributed by atoms with Crippen LogP contribution in [0, 0.1) is 0 Å². The van der Waals surface area contributed by atoms with E-state index in [-0.39, 0.29) is 0 Å². The van der Waals surface area contributed by atoms with E-state index in [1.54, 1.807) is 0 Å². The summed E-state index contributed by atoms with van der Waals surface area (Å²) in [5, 5.41) is 9.03. The summed E-state index contributed by atoms with van der Waals surface area (Å²) in [6.45, 7) is 0. The first kappa shape index (κ1) is 12.4. The van der Waals surface area contributed by atoms with Gasteiger partial charge in [0.15, 0.2) is 6.10 Å². The number of rotatable bonds is 4. The second-order valence-corrected chi connectivity index (χ2v) is 2.24. The maximum atomic E-state index is 10.7. The lowest BCUT2D eigenvalue weighted by atomic mass is 10.3. The third kappa shape index (κ3) is 5.10. The molecule has 0 aromatic heterocycles. The summed E-state index contributed by atoms with van der Waals surface area (Å²) in [7, 11) is 2.42. The Labute approximate surface area is 81.6 Å². The summed E-state index contributed by atoms with van der Waals surface area (Å²) in [5.74, 6) is -1.27. The number of carbonyl (C=O) groups is 2. The summed E-state index contributed by atoms with van der Waals surface area (Å²) in [6.07, 6.45) is 3.71. The van der Waals surface area contributed by atoms with E-state index in [1.165, 1.54) is 32.4 Å². The molecule has 0 rings (SSSR count). The van der Waals surface area contributed by atoms with Gasteiger partial charge >= 0.3 is 11.9 Å². The van der Waals surface area contributed by atoms with E-state index in [1.807, 2.05) is 0 Å². The predicted octanol–water partition coefficient (Wildman–Crippen LogP) is -0.194. The molecule has 0 heterocycles. The largest absolute Gasteiger partial charge is 0.467 e. The van der Waals surface area contributed by atoms with E-state index < -0.39 is 18.0 Å². The minimum atomic E-state index is -1.32. The third-order valence-electron chi connectivity index (χ3n) is 1.28. The summed E-state index contributed by atoms with van der Waals surface area (Å²) in [4.78, 5) is 21.2. The Hall–Kier alpha value is -1.62. The van der Waals surface area contributed by atoms with Gasteiger partial charge in [0.25, 0.3) is 0 Å². The molecule has 5 nitrogen and oxygen atoms in total.